The summed E-state index contributed by atoms with van der Waals surface area (Å²) < 4.78 is 0. The highest BCUT2D eigenvalue weighted by molar-refractivity contribution is 6.30. The minimum Gasteiger partial charge on any atom is -0.508 e. The molecule has 0 unspecified atom stereocenters. The molecule has 148 valence electrons. The predicted molar refractivity (Wildman–Crippen MR) is 109 cm³/mol. The first kappa shape index (κ1) is 20.2. The van der Waals surface area contributed by atoms with E-state index in [0.29, 0.717) is 31.2 Å². The zero-order valence-electron chi connectivity index (χ0n) is 16.0. The highest BCUT2D eigenvalue weighted by atomic mass is 35.5. The molecule has 1 aliphatic rings. The Labute approximate surface area is 170 Å². The molecule has 28 heavy (non-hydrogen) atoms. The van der Waals surface area contributed by atoms with E-state index in [2.05, 4.69) is 0 Å². The monoisotopic (exact) mass is 400 g/mol. The normalized spacial score (nSPS) is 15.8. The van der Waals surface area contributed by atoms with Gasteiger partial charge < -0.3 is 14.9 Å². The maximum atomic E-state index is 13.1. The summed E-state index contributed by atoms with van der Waals surface area (Å²) in [6.45, 7) is 4.00. The number of benzene rings is 2. The van der Waals surface area contributed by atoms with Gasteiger partial charge in [0, 0.05) is 50.5 Å². The van der Waals surface area contributed by atoms with Crippen LogP contribution in [0.25, 0.3) is 0 Å². The van der Waals surface area contributed by atoms with Gasteiger partial charge in [0.05, 0.1) is 0 Å². The smallest absolute Gasteiger partial charge is 0.223 e. The Hall–Kier alpha value is -2.53. The molecular weight excluding hydrogens is 376 g/mol. The summed E-state index contributed by atoms with van der Waals surface area (Å²) in [5.74, 6) is 0.0545. The average molecular weight is 401 g/mol. The van der Waals surface area contributed by atoms with E-state index in [0.717, 1.165) is 17.5 Å². The number of phenolic OH excluding ortho intramolecular Hbond substituents is 1. The molecule has 5 nitrogen and oxygen atoms in total. The number of carbonyl (C=O) groups is 2. The van der Waals surface area contributed by atoms with Crippen molar-refractivity contribution in [2.75, 3.05) is 26.2 Å². The number of phenols is 1. The van der Waals surface area contributed by atoms with Crippen LogP contribution in [0.15, 0.2) is 48.5 Å². The van der Waals surface area contributed by atoms with Crippen LogP contribution in [0.4, 0.5) is 0 Å². The van der Waals surface area contributed by atoms with E-state index >= 15 is 0 Å². The number of rotatable bonds is 4. The Morgan fingerprint density at radius 2 is 1.64 bits per heavy atom. The van der Waals surface area contributed by atoms with Gasteiger partial charge in [0.15, 0.2) is 0 Å². The lowest BCUT2D eigenvalue weighted by Crippen LogP contribution is -2.37. The van der Waals surface area contributed by atoms with E-state index in [-0.39, 0.29) is 29.9 Å². The van der Waals surface area contributed by atoms with Crippen molar-refractivity contribution in [3.8, 4) is 5.75 Å². The van der Waals surface area contributed by atoms with Crippen molar-refractivity contribution in [2.45, 2.75) is 25.7 Å². The van der Waals surface area contributed by atoms with Gasteiger partial charge in [-0.15, -0.1) is 0 Å². The highest BCUT2D eigenvalue weighted by Crippen LogP contribution is 2.32. The number of carbonyl (C=O) groups excluding carboxylic acids is 2. The molecule has 1 heterocycles. The molecule has 1 saturated heterocycles. The van der Waals surface area contributed by atoms with Gasteiger partial charge in [0.2, 0.25) is 11.8 Å². The van der Waals surface area contributed by atoms with Crippen molar-refractivity contribution in [3.63, 3.8) is 0 Å². The minimum atomic E-state index is -0.203. The summed E-state index contributed by atoms with van der Waals surface area (Å²) in [7, 11) is 0. The number of hydrogen-bond donors (Lipinski definition) is 1. The van der Waals surface area contributed by atoms with Crippen molar-refractivity contribution in [1.29, 1.82) is 0 Å². The lowest BCUT2D eigenvalue weighted by atomic mass is 9.88. The van der Waals surface area contributed by atoms with Crippen molar-refractivity contribution in [1.82, 2.24) is 9.80 Å². The van der Waals surface area contributed by atoms with Gasteiger partial charge in [-0.1, -0.05) is 35.9 Å². The van der Waals surface area contributed by atoms with Gasteiger partial charge in [-0.3, -0.25) is 9.59 Å². The second-order valence-electron chi connectivity index (χ2n) is 7.15. The zero-order valence-corrected chi connectivity index (χ0v) is 16.7. The summed E-state index contributed by atoms with van der Waals surface area (Å²) in [6.07, 6.45) is 1.06. The van der Waals surface area contributed by atoms with E-state index in [4.69, 9.17) is 11.6 Å². The topological polar surface area (TPSA) is 60.9 Å². The molecule has 6 heteroatoms. The third-order valence-corrected chi connectivity index (χ3v) is 5.43. The fourth-order valence-corrected chi connectivity index (χ4v) is 3.88. The highest BCUT2D eigenvalue weighted by Gasteiger charge is 2.25. The maximum Gasteiger partial charge on any atom is 0.223 e. The van der Waals surface area contributed by atoms with Gasteiger partial charge in [0.25, 0.3) is 0 Å². The minimum absolute atomic E-state index is 0.0405. The summed E-state index contributed by atoms with van der Waals surface area (Å²) in [5.41, 5.74) is 1.81. The zero-order chi connectivity index (χ0) is 20.1. The first-order chi connectivity index (χ1) is 13.4. The number of aromatic hydroxyl groups is 1. The number of nitrogens with zero attached hydrogens (tertiary/aromatic N) is 2. The molecule has 2 amide bonds. The van der Waals surface area contributed by atoms with Gasteiger partial charge in [-0.25, -0.2) is 0 Å². The van der Waals surface area contributed by atoms with Crippen molar-refractivity contribution >= 4 is 23.4 Å². The molecule has 3 rings (SSSR count). The fraction of sp³-hybridized carbons (Fsp3) is 0.364. The molecule has 0 aliphatic carbocycles. The van der Waals surface area contributed by atoms with Crippen LogP contribution in [0.1, 0.15) is 36.8 Å². The van der Waals surface area contributed by atoms with E-state index in [1.54, 1.807) is 36.1 Å². The van der Waals surface area contributed by atoms with Crippen LogP contribution in [0, 0.1) is 0 Å². The van der Waals surface area contributed by atoms with Crippen LogP contribution < -0.4 is 0 Å². The second-order valence-corrected chi connectivity index (χ2v) is 7.58. The summed E-state index contributed by atoms with van der Waals surface area (Å²) in [5, 5.41) is 10.5. The standard InChI is InChI=1S/C22H25ClN2O3/c1-16(26)24-9-4-10-25(12-11-24)22(28)15-21(17-5-2-7-19(23)13-17)18-6-3-8-20(27)14-18/h2-3,5-8,13-14,21,27H,4,9-12,15H2,1H3/t21-/m0/s1. The average Bonchev–Trinajstić information content (AvgIpc) is 2.92. The van der Waals surface area contributed by atoms with E-state index in [1.807, 2.05) is 29.2 Å². The van der Waals surface area contributed by atoms with Gasteiger partial charge in [-0.2, -0.15) is 0 Å². The first-order valence-corrected chi connectivity index (χ1v) is 9.89. The Kier molecular flexibility index (Phi) is 6.57. The quantitative estimate of drug-likeness (QED) is 0.852. The van der Waals surface area contributed by atoms with Crippen LogP contribution >= 0.6 is 11.6 Å². The molecule has 0 spiro atoms. The Morgan fingerprint density at radius 1 is 1.00 bits per heavy atom. The molecular formula is C22H25ClN2O3. The molecule has 1 fully saturated rings. The molecule has 0 bridgehead atoms. The van der Waals surface area contributed by atoms with Crippen LogP contribution in [0.5, 0.6) is 5.75 Å². The molecule has 1 aliphatic heterocycles. The fourth-order valence-electron chi connectivity index (χ4n) is 3.68. The van der Waals surface area contributed by atoms with Crippen LogP contribution in [-0.2, 0) is 9.59 Å². The van der Waals surface area contributed by atoms with Crippen LogP contribution in [0.3, 0.4) is 0 Å². The van der Waals surface area contributed by atoms with Crippen LogP contribution in [-0.4, -0.2) is 52.9 Å². The Morgan fingerprint density at radius 3 is 2.32 bits per heavy atom. The lowest BCUT2D eigenvalue weighted by molar-refractivity contribution is -0.132. The molecule has 2 aromatic rings. The third kappa shape index (κ3) is 5.04. The van der Waals surface area contributed by atoms with Crippen molar-refractivity contribution in [2.24, 2.45) is 0 Å². The van der Waals surface area contributed by atoms with Gasteiger partial charge in [0.1, 0.15) is 5.75 Å². The summed E-state index contributed by atoms with van der Waals surface area (Å²) in [4.78, 5) is 28.3. The number of halogens is 1. The molecule has 1 atom stereocenters. The third-order valence-electron chi connectivity index (χ3n) is 5.20. The second kappa shape index (κ2) is 9.11. The SMILES string of the molecule is CC(=O)N1CCCN(C(=O)C[C@H](c2cccc(O)c2)c2cccc(Cl)c2)CC1. The Balaban J connectivity index is 1.81. The largest absolute Gasteiger partial charge is 0.508 e. The first-order valence-electron chi connectivity index (χ1n) is 9.51. The summed E-state index contributed by atoms with van der Waals surface area (Å²) >= 11 is 6.18. The molecule has 0 saturated carbocycles. The molecule has 0 radical (unpaired) electrons. The van der Waals surface area contributed by atoms with Gasteiger partial charge in [-0.05, 0) is 41.8 Å². The molecule has 0 aromatic heterocycles. The molecule has 2 aromatic carbocycles. The van der Waals surface area contributed by atoms with Crippen molar-refractivity contribution < 1.29 is 14.7 Å². The maximum absolute atomic E-state index is 13.1. The Bertz CT molecular complexity index is 810. The number of hydrogen-bond acceptors (Lipinski definition) is 3. The summed E-state index contributed by atoms with van der Waals surface area (Å²) in [6, 6.07) is 14.5. The van der Waals surface area contributed by atoms with Gasteiger partial charge >= 0.3 is 0 Å². The van der Waals surface area contributed by atoms with E-state index in [1.165, 1.54) is 0 Å². The lowest BCUT2D eigenvalue weighted by Gasteiger charge is -2.25. The van der Waals surface area contributed by atoms with Crippen LogP contribution in [0.2, 0.25) is 5.02 Å². The van der Waals surface area contributed by atoms with Crippen molar-refractivity contribution in [3.05, 3.63) is 64.7 Å². The molecule has 1 N–H and O–H groups in total. The van der Waals surface area contributed by atoms with E-state index < -0.39 is 0 Å². The predicted octanol–water partition coefficient (Wildman–Crippen LogP) is 3.65. The van der Waals surface area contributed by atoms with E-state index in [9.17, 15) is 14.7 Å². The number of amides is 2.